The lowest BCUT2D eigenvalue weighted by molar-refractivity contribution is -0.120. The van der Waals surface area contributed by atoms with Crippen molar-refractivity contribution in [3.05, 3.63) is 39.3 Å². The van der Waals surface area contributed by atoms with Crippen LogP contribution in [0.4, 0.5) is 0 Å². The molecule has 0 aromatic carbocycles. The third kappa shape index (κ3) is 4.80. The smallest absolute Gasteiger partial charge is 0.224 e. The van der Waals surface area contributed by atoms with E-state index in [1.54, 1.807) is 13.0 Å². The Morgan fingerprint density at radius 2 is 2.12 bits per heavy atom. The zero-order valence-corrected chi connectivity index (χ0v) is 16.4. The molecule has 0 spiro atoms. The van der Waals surface area contributed by atoms with E-state index in [2.05, 4.69) is 39.9 Å². The first-order valence-corrected chi connectivity index (χ1v) is 9.91. The standard InChI is InChI=1S/C19H26N4O2S/c1-13(2)10-22-4-5-23-17(11-22)8-16(21-23)9-20-19(25)7-15-6-18(14(3)24)26-12-15/h6,8,12-13H,4-5,7,9-11H2,1-3H3,(H,20,25). The maximum Gasteiger partial charge on any atom is 0.224 e. The summed E-state index contributed by atoms with van der Waals surface area (Å²) >= 11 is 1.39. The van der Waals surface area contributed by atoms with E-state index in [1.165, 1.54) is 17.0 Å². The van der Waals surface area contributed by atoms with E-state index in [4.69, 9.17) is 0 Å². The number of nitrogens with one attached hydrogen (secondary N) is 1. The molecule has 0 saturated heterocycles. The Labute approximate surface area is 158 Å². The third-order valence-corrected chi connectivity index (χ3v) is 5.46. The summed E-state index contributed by atoms with van der Waals surface area (Å²) in [6, 6.07) is 3.89. The fourth-order valence-corrected chi connectivity index (χ4v) is 4.04. The van der Waals surface area contributed by atoms with Crippen LogP contribution in [0.1, 0.15) is 47.4 Å². The second-order valence-corrected chi connectivity index (χ2v) is 8.22. The average Bonchev–Trinajstić information content (AvgIpc) is 3.18. The minimum atomic E-state index is -0.0506. The Morgan fingerprint density at radius 3 is 2.81 bits per heavy atom. The summed E-state index contributed by atoms with van der Waals surface area (Å²) in [5.41, 5.74) is 2.99. The van der Waals surface area contributed by atoms with Gasteiger partial charge in [-0.25, -0.2) is 0 Å². The van der Waals surface area contributed by atoms with Gasteiger partial charge < -0.3 is 5.32 Å². The molecule has 7 heteroatoms. The lowest BCUT2D eigenvalue weighted by atomic mass is 10.2. The monoisotopic (exact) mass is 374 g/mol. The maximum atomic E-state index is 12.1. The molecule has 0 unspecified atom stereocenters. The van der Waals surface area contributed by atoms with Crippen molar-refractivity contribution in [2.75, 3.05) is 13.1 Å². The molecule has 0 fully saturated rings. The van der Waals surface area contributed by atoms with E-state index >= 15 is 0 Å². The molecule has 0 atom stereocenters. The second-order valence-electron chi connectivity index (χ2n) is 7.31. The van der Waals surface area contributed by atoms with Crippen LogP contribution in [0.2, 0.25) is 0 Å². The minimum absolute atomic E-state index is 0.0387. The number of amides is 1. The number of rotatable bonds is 7. The highest BCUT2D eigenvalue weighted by atomic mass is 32.1. The van der Waals surface area contributed by atoms with Gasteiger partial charge in [-0.15, -0.1) is 11.3 Å². The number of nitrogens with zero attached hydrogens (tertiary/aromatic N) is 3. The molecule has 3 heterocycles. The van der Waals surface area contributed by atoms with Gasteiger partial charge in [-0.1, -0.05) is 13.8 Å². The van der Waals surface area contributed by atoms with Crippen LogP contribution in [-0.2, 0) is 30.8 Å². The van der Waals surface area contributed by atoms with Crippen molar-refractivity contribution >= 4 is 23.0 Å². The number of fused-ring (bicyclic) bond motifs is 1. The van der Waals surface area contributed by atoms with Crippen molar-refractivity contribution < 1.29 is 9.59 Å². The van der Waals surface area contributed by atoms with Crippen LogP contribution < -0.4 is 5.32 Å². The number of Topliss-reactive ketones (excluding diaryl/α,β-unsaturated/α-hetero) is 1. The van der Waals surface area contributed by atoms with Gasteiger partial charge >= 0.3 is 0 Å². The molecule has 1 aliphatic heterocycles. The molecule has 0 aliphatic carbocycles. The van der Waals surface area contributed by atoms with Crippen LogP contribution in [0.15, 0.2) is 17.5 Å². The Hall–Kier alpha value is -1.99. The van der Waals surface area contributed by atoms with Crippen LogP contribution in [0.3, 0.4) is 0 Å². The topological polar surface area (TPSA) is 67.2 Å². The highest BCUT2D eigenvalue weighted by molar-refractivity contribution is 7.12. The van der Waals surface area contributed by atoms with E-state index in [9.17, 15) is 9.59 Å². The first kappa shape index (κ1) is 18.8. The van der Waals surface area contributed by atoms with Gasteiger partial charge in [0.1, 0.15) is 0 Å². The summed E-state index contributed by atoms with van der Waals surface area (Å²) in [4.78, 5) is 26.6. The highest BCUT2D eigenvalue weighted by Gasteiger charge is 2.19. The molecule has 6 nitrogen and oxygen atoms in total. The molecule has 1 amide bonds. The zero-order chi connectivity index (χ0) is 18.7. The Morgan fingerprint density at radius 1 is 1.31 bits per heavy atom. The fourth-order valence-electron chi connectivity index (χ4n) is 3.23. The summed E-state index contributed by atoms with van der Waals surface area (Å²) in [6.07, 6.45) is 0.291. The van der Waals surface area contributed by atoms with E-state index in [0.717, 1.165) is 37.4 Å². The van der Waals surface area contributed by atoms with E-state index in [1.807, 2.05) is 5.38 Å². The average molecular weight is 375 g/mol. The first-order valence-electron chi connectivity index (χ1n) is 9.03. The van der Waals surface area contributed by atoms with Crippen LogP contribution in [0, 0.1) is 5.92 Å². The predicted octanol–water partition coefficient (Wildman–Crippen LogP) is 2.48. The normalized spacial score (nSPS) is 14.5. The van der Waals surface area contributed by atoms with Crippen LogP contribution in [0.25, 0.3) is 0 Å². The number of ketones is 1. The molecule has 26 heavy (non-hydrogen) atoms. The van der Waals surface area contributed by atoms with E-state index in [0.29, 0.717) is 23.8 Å². The molecular formula is C19H26N4O2S. The molecular weight excluding hydrogens is 348 g/mol. The van der Waals surface area contributed by atoms with Gasteiger partial charge in [0.2, 0.25) is 5.91 Å². The summed E-state index contributed by atoms with van der Waals surface area (Å²) < 4.78 is 2.05. The molecule has 1 N–H and O–H groups in total. The molecule has 0 saturated carbocycles. The van der Waals surface area contributed by atoms with Gasteiger partial charge in [-0.2, -0.15) is 5.10 Å². The van der Waals surface area contributed by atoms with Crippen LogP contribution in [-0.4, -0.2) is 39.5 Å². The van der Waals surface area contributed by atoms with Gasteiger partial charge in [0, 0.05) is 19.6 Å². The number of aromatic nitrogens is 2. The lowest BCUT2D eigenvalue weighted by Gasteiger charge is -2.28. The summed E-state index contributed by atoms with van der Waals surface area (Å²) in [7, 11) is 0. The van der Waals surface area contributed by atoms with Crippen molar-refractivity contribution in [2.24, 2.45) is 5.92 Å². The molecule has 2 aromatic rings. The number of thiophene rings is 1. The molecule has 0 bridgehead atoms. The van der Waals surface area contributed by atoms with E-state index in [-0.39, 0.29) is 11.7 Å². The van der Waals surface area contributed by atoms with Crippen molar-refractivity contribution in [1.29, 1.82) is 0 Å². The number of carbonyl (C=O) groups is 2. The zero-order valence-electron chi connectivity index (χ0n) is 15.6. The number of carbonyl (C=O) groups excluding carboxylic acids is 2. The van der Waals surface area contributed by atoms with Crippen molar-refractivity contribution in [2.45, 2.75) is 46.8 Å². The second kappa shape index (κ2) is 8.14. The number of hydrogen-bond acceptors (Lipinski definition) is 5. The van der Waals surface area contributed by atoms with Crippen LogP contribution in [0.5, 0.6) is 0 Å². The maximum absolute atomic E-state index is 12.1. The van der Waals surface area contributed by atoms with Crippen molar-refractivity contribution in [3.63, 3.8) is 0 Å². The first-order chi connectivity index (χ1) is 12.4. The van der Waals surface area contributed by atoms with Gasteiger partial charge in [0.25, 0.3) is 0 Å². The molecule has 1 aliphatic rings. The molecule has 140 valence electrons. The van der Waals surface area contributed by atoms with Gasteiger partial charge in [-0.3, -0.25) is 19.2 Å². The largest absolute Gasteiger partial charge is 0.350 e. The lowest BCUT2D eigenvalue weighted by Crippen LogP contribution is -2.36. The van der Waals surface area contributed by atoms with Gasteiger partial charge in [0.05, 0.1) is 35.8 Å². The summed E-state index contributed by atoms with van der Waals surface area (Å²) in [5.74, 6) is 0.644. The minimum Gasteiger partial charge on any atom is -0.350 e. The van der Waals surface area contributed by atoms with Gasteiger partial charge in [-0.05, 0) is 35.9 Å². The third-order valence-electron chi connectivity index (χ3n) is 4.38. The van der Waals surface area contributed by atoms with E-state index < -0.39 is 0 Å². The predicted molar refractivity (Wildman–Crippen MR) is 102 cm³/mol. The highest BCUT2D eigenvalue weighted by Crippen LogP contribution is 2.17. The fraction of sp³-hybridized carbons (Fsp3) is 0.526. The van der Waals surface area contributed by atoms with Crippen LogP contribution >= 0.6 is 11.3 Å². The molecule has 2 aromatic heterocycles. The summed E-state index contributed by atoms with van der Waals surface area (Å²) in [6.45, 7) is 10.4. The molecule has 0 radical (unpaired) electrons. The summed E-state index contributed by atoms with van der Waals surface area (Å²) in [5, 5.41) is 9.40. The van der Waals surface area contributed by atoms with Crippen molar-refractivity contribution in [3.8, 4) is 0 Å². The Balaban J connectivity index is 1.51. The van der Waals surface area contributed by atoms with Gasteiger partial charge in [0.15, 0.2) is 5.78 Å². The molecule has 3 rings (SSSR count). The number of hydrogen-bond donors (Lipinski definition) is 1. The SMILES string of the molecule is CC(=O)c1cc(CC(=O)NCc2cc3n(n2)CCN(CC(C)C)C3)cs1. The Kier molecular flexibility index (Phi) is 5.88. The van der Waals surface area contributed by atoms with Crippen molar-refractivity contribution in [1.82, 2.24) is 20.0 Å². The Bertz CT molecular complexity index is 793. The quantitative estimate of drug-likeness (QED) is 0.756.